The average molecular weight is 347 g/mol. The Balaban J connectivity index is 1.71. The summed E-state index contributed by atoms with van der Waals surface area (Å²) in [6, 6.07) is 4.83. The van der Waals surface area contributed by atoms with Gasteiger partial charge in [0.2, 0.25) is 5.91 Å². The number of rotatable bonds is 4. The molecule has 0 radical (unpaired) electrons. The summed E-state index contributed by atoms with van der Waals surface area (Å²) in [5.41, 5.74) is 7.90. The number of aryl methyl sites for hydroxylation is 1. The van der Waals surface area contributed by atoms with Gasteiger partial charge in [0.15, 0.2) is 0 Å². The number of carbonyl (C=O) groups excluding carboxylic acids is 2. The molecule has 7 heteroatoms. The zero-order valence-electron chi connectivity index (χ0n) is 13.2. The lowest BCUT2D eigenvalue weighted by atomic mass is 10.1. The molecule has 2 atom stereocenters. The Labute approximate surface area is 144 Å². The third-order valence-electron chi connectivity index (χ3n) is 4.43. The van der Waals surface area contributed by atoms with Gasteiger partial charge in [-0.05, 0) is 43.3 Å². The van der Waals surface area contributed by atoms with Crippen LogP contribution in [0.25, 0.3) is 10.9 Å². The van der Waals surface area contributed by atoms with Gasteiger partial charge in [-0.15, -0.1) is 0 Å². The summed E-state index contributed by atoms with van der Waals surface area (Å²) in [7, 11) is 0. The molecule has 1 fully saturated rings. The lowest BCUT2D eigenvalue weighted by Gasteiger charge is -2.21. The van der Waals surface area contributed by atoms with Crippen molar-refractivity contribution in [1.29, 1.82) is 0 Å². The molecule has 24 heavy (non-hydrogen) atoms. The molecule has 0 spiro atoms. The predicted molar refractivity (Wildman–Crippen MR) is 94.3 cm³/mol. The van der Waals surface area contributed by atoms with E-state index < -0.39 is 11.9 Å². The zero-order chi connectivity index (χ0) is 17.3. The summed E-state index contributed by atoms with van der Waals surface area (Å²) in [5.74, 6) is -0.489. The normalized spacial score (nSPS) is 20.5. The molecule has 3 N–H and O–H groups in total. The highest BCUT2D eigenvalue weighted by Gasteiger charge is 2.37. The van der Waals surface area contributed by atoms with Crippen LogP contribution in [0, 0.1) is 0 Å². The van der Waals surface area contributed by atoms with Gasteiger partial charge in [-0.25, -0.2) is 4.99 Å². The Bertz CT molecular complexity index is 801. The molecule has 1 aromatic heterocycles. The van der Waals surface area contributed by atoms with E-state index in [0.29, 0.717) is 30.8 Å². The number of aromatic amines is 1. The number of H-pyrrole nitrogens is 1. The third-order valence-corrected chi connectivity index (χ3v) is 4.67. The number of nitrogens with zero attached hydrogens (tertiary/aromatic N) is 2. The fourth-order valence-corrected chi connectivity index (χ4v) is 3.40. The van der Waals surface area contributed by atoms with E-state index in [1.54, 1.807) is 0 Å². The molecule has 0 aliphatic carbocycles. The molecular formula is C17H19ClN4O2. The Morgan fingerprint density at radius 3 is 3.00 bits per heavy atom. The van der Waals surface area contributed by atoms with E-state index in [4.69, 9.17) is 17.3 Å². The zero-order valence-corrected chi connectivity index (χ0v) is 13.9. The molecule has 2 heterocycles. The average Bonchev–Trinajstić information content (AvgIpc) is 3.15. The standard InChI is InChI=1S/C17H19ClN4O2/c1-20-17(24)15-7-12(19)9-22(15)16(23)5-2-10-8-21-14-4-3-11(18)6-13(10)14/h3-4,6,8,12,15,21H,1-2,5,7,9,19H2/t12-,15+/m1/s1. The van der Waals surface area contributed by atoms with Gasteiger partial charge in [-0.3, -0.25) is 9.59 Å². The first-order valence-corrected chi connectivity index (χ1v) is 8.18. The van der Waals surface area contributed by atoms with Gasteiger partial charge in [0.1, 0.15) is 6.04 Å². The Hall–Kier alpha value is -2.18. The van der Waals surface area contributed by atoms with Gasteiger partial charge in [0.25, 0.3) is 5.91 Å². The van der Waals surface area contributed by atoms with Crippen molar-refractivity contribution in [2.24, 2.45) is 10.7 Å². The smallest absolute Gasteiger partial charge is 0.267 e. The molecule has 0 saturated carbocycles. The maximum Gasteiger partial charge on any atom is 0.267 e. The number of aliphatic imine (C=N–C) groups is 1. The molecular weight excluding hydrogens is 328 g/mol. The van der Waals surface area contributed by atoms with Crippen molar-refractivity contribution in [3.63, 3.8) is 0 Å². The number of benzene rings is 1. The number of amides is 2. The summed E-state index contributed by atoms with van der Waals surface area (Å²) < 4.78 is 0. The second kappa shape index (κ2) is 6.75. The first kappa shape index (κ1) is 16.7. The molecule has 0 bridgehead atoms. The van der Waals surface area contributed by atoms with Crippen LogP contribution in [0.2, 0.25) is 5.02 Å². The largest absolute Gasteiger partial charge is 0.361 e. The summed E-state index contributed by atoms with van der Waals surface area (Å²) in [6.45, 7) is 3.64. The summed E-state index contributed by atoms with van der Waals surface area (Å²) >= 11 is 6.04. The van der Waals surface area contributed by atoms with E-state index >= 15 is 0 Å². The number of hydrogen-bond donors (Lipinski definition) is 2. The van der Waals surface area contributed by atoms with Crippen molar-refractivity contribution in [2.45, 2.75) is 31.3 Å². The first-order chi connectivity index (χ1) is 11.5. The van der Waals surface area contributed by atoms with Crippen LogP contribution < -0.4 is 5.73 Å². The van der Waals surface area contributed by atoms with Gasteiger partial charge in [0, 0.05) is 41.1 Å². The quantitative estimate of drug-likeness (QED) is 0.828. The van der Waals surface area contributed by atoms with Crippen LogP contribution in [0.1, 0.15) is 18.4 Å². The highest BCUT2D eigenvalue weighted by molar-refractivity contribution is 6.31. The highest BCUT2D eigenvalue weighted by Crippen LogP contribution is 2.24. The molecule has 6 nitrogen and oxygen atoms in total. The minimum absolute atomic E-state index is 0.0960. The molecule has 2 aromatic rings. The van der Waals surface area contributed by atoms with Gasteiger partial charge < -0.3 is 15.6 Å². The van der Waals surface area contributed by atoms with Crippen molar-refractivity contribution in [3.8, 4) is 0 Å². The van der Waals surface area contributed by atoms with Crippen LogP contribution in [-0.4, -0.2) is 47.0 Å². The van der Waals surface area contributed by atoms with Crippen molar-refractivity contribution in [3.05, 3.63) is 35.0 Å². The van der Waals surface area contributed by atoms with Crippen LogP contribution in [0.5, 0.6) is 0 Å². The van der Waals surface area contributed by atoms with E-state index in [1.165, 1.54) is 4.90 Å². The summed E-state index contributed by atoms with van der Waals surface area (Å²) in [5, 5.41) is 1.66. The van der Waals surface area contributed by atoms with Crippen LogP contribution in [0.15, 0.2) is 29.4 Å². The Morgan fingerprint density at radius 1 is 1.46 bits per heavy atom. The van der Waals surface area contributed by atoms with Gasteiger partial charge in [-0.2, -0.15) is 0 Å². The van der Waals surface area contributed by atoms with Crippen LogP contribution >= 0.6 is 11.6 Å². The number of halogens is 1. The van der Waals surface area contributed by atoms with Gasteiger partial charge in [-0.1, -0.05) is 11.6 Å². The molecule has 1 aliphatic heterocycles. The minimum Gasteiger partial charge on any atom is -0.361 e. The van der Waals surface area contributed by atoms with E-state index in [9.17, 15) is 9.59 Å². The van der Waals surface area contributed by atoms with Crippen molar-refractivity contribution < 1.29 is 9.59 Å². The molecule has 1 aromatic carbocycles. The SMILES string of the molecule is C=NC(=O)[C@@H]1C[C@@H](N)CN1C(=O)CCc1c[nH]c2ccc(Cl)cc12. The van der Waals surface area contributed by atoms with Crippen molar-refractivity contribution >= 4 is 41.0 Å². The lowest BCUT2D eigenvalue weighted by molar-refractivity contribution is -0.137. The number of nitrogens with two attached hydrogens (primary N) is 1. The monoisotopic (exact) mass is 346 g/mol. The summed E-state index contributed by atoms with van der Waals surface area (Å²) in [4.78, 5) is 32.5. The molecule has 1 aliphatic rings. The van der Waals surface area contributed by atoms with Crippen molar-refractivity contribution in [1.82, 2.24) is 9.88 Å². The first-order valence-electron chi connectivity index (χ1n) is 7.80. The number of fused-ring (bicyclic) bond motifs is 1. The van der Waals surface area contributed by atoms with E-state index in [0.717, 1.165) is 16.5 Å². The third kappa shape index (κ3) is 3.20. The lowest BCUT2D eigenvalue weighted by Crippen LogP contribution is -2.40. The summed E-state index contributed by atoms with van der Waals surface area (Å²) in [6.07, 6.45) is 3.19. The van der Waals surface area contributed by atoms with E-state index in [2.05, 4.69) is 16.7 Å². The fourth-order valence-electron chi connectivity index (χ4n) is 3.23. The Kier molecular flexibility index (Phi) is 4.69. The molecule has 0 unspecified atom stereocenters. The maximum atomic E-state index is 12.5. The Morgan fingerprint density at radius 2 is 2.25 bits per heavy atom. The number of likely N-dealkylation sites (tertiary alicyclic amines) is 1. The highest BCUT2D eigenvalue weighted by atomic mass is 35.5. The minimum atomic E-state index is -0.581. The number of nitrogens with one attached hydrogen (secondary N) is 1. The second-order valence-electron chi connectivity index (χ2n) is 6.06. The molecule has 2 amide bonds. The van der Waals surface area contributed by atoms with E-state index in [1.807, 2.05) is 24.4 Å². The van der Waals surface area contributed by atoms with Crippen LogP contribution in [0.4, 0.5) is 0 Å². The topological polar surface area (TPSA) is 91.6 Å². The van der Waals surface area contributed by atoms with Gasteiger partial charge >= 0.3 is 0 Å². The second-order valence-corrected chi connectivity index (χ2v) is 6.49. The number of hydrogen-bond acceptors (Lipinski definition) is 3. The van der Waals surface area contributed by atoms with Crippen LogP contribution in [-0.2, 0) is 16.0 Å². The van der Waals surface area contributed by atoms with Crippen LogP contribution in [0.3, 0.4) is 0 Å². The molecule has 3 rings (SSSR count). The number of carbonyl (C=O) groups is 2. The van der Waals surface area contributed by atoms with Gasteiger partial charge in [0.05, 0.1) is 0 Å². The predicted octanol–water partition coefficient (Wildman–Crippen LogP) is 1.91. The molecule has 126 valence electrons. The fraction of sp³-hybridized carbons (Fsp3) is 0.353. The van der Waals surface area contributed by atoms with Crippen molar-refractivity contribution in [2.75, 3.05) is 6.54 Å². The molecule has 1 saturated heterocycles. The van der Waals surface area contributed by atoms with E-state index in [-0.39, 0.29) is 11.9 Å². The maximum absolute atomic E-state index is 12.5. The number of aromatic nitrogens is 1.